The number of fused-ring (bicyclic) bond motifs is 1. The van der Waals surface area contributed by atoms with Gasteiger partial charge in [0.25, 0.3) is 0 Å². The molecule has 0 aliphatic heterocycles. The SMILES string of the molecule is OCc1cc2c(Cl)cc(Cl)cc2o1. The van der Waals surface area contributed by atoms with Crippen LogP contribution in [0.25, 0.3) is 11.0 Å². The van der Waals surface area contributed by atoms with Gasteiger partial charge in [-0.25, -0.2) is 0 Å². The molecule has 1 N–H and O–H groups in total. The first-order valence-corrected chi connectivity index (χ1v) is 4.44. The Bertz CT molecular complexity index is 448. The second-order valence-corrected chi connectivity index (χ2v) is 3.51. The summed E-state index contributed by atoms with van der Waals surface area (Å²) in [7, 11) is 0. The number of aliphatic hydroxyl groups is 1. The van der Waals surface area contributed by atoms with Gasteiger partial charge in [-0.2, -0.15) is 0 Å². The van der Waals surface area contributed by atoms with E-state index in [9.17, 15) is 0 Å². The lowest BCUT2D eigenvalue weighted by Gasteiger charge is -1.92. The Labute approximate surface area is 84.7 Å². The zero-order chi connectivity index (χ0) is 9.42. The third kappa shape index (κ3) is 1.53. The van der Waals surface area contributed by atoms with E-state index in [4.69, 9.17) is 32.7 Å². The molecule has 2 aromatic rings. The summed E-state index contributed by atoms with van der Waals surface area (Å²) in [5, 5.41) is 10.7. The lowest BCUT2D eigenvalue weighted by atomic mass is 10.2. The molecule has 1 aromatic heterocycles. The van der Waals surface area contributed by atoms with Gasteiger partial charge in [0.05, 0.1) is 5.02 Å². The van der Waals surface area contributed by atoms with E-state index >= 15 is 0 Å². The topological polar surface area (TPSA) is 33.4 Å². The van der Waals surface area contributed by atoms with Crippen molar-refractivity contribution in [3.63, 3.8) is 0 Å². The highest BCUT2D eigenvalue weighted by molar-refractivity contribution is 6.38. The minimum Gasteiger partial charge on any atom is -0.459 e. The number of furan rings is 1. The van der Waals surface area contributed by atoms with Crippen molar-refractivity contribution in [1.82, 2.24) is 0 Å². The molecule has 0 amide bonds. The first kappa shape index (κ1) is 8.88. The Kier molecular flexibility index (Phi) is 2.20. The van der Waals surface area contributed by atoms with Gasteiger partial charge in [0.15, 0.2) is 0 Å². The van der Waals surface area contributed by atoms with Crippen LogP contribution in [0.5, 0.6) is 0 Å². The molecule has 0 saturated heterocycles. The number of hydrogen-bond acceptors (Lipinski definition) is 2. The van der Waals surface area contributed by atoms with Crippen molar-refractivity contribution in [2.45, 2.75) is 6.61 Å². The molecule has 0 bridgehead atoms. The number of halogens is 2. The van der Waals surface area contributed by atoms with E-state index in [-0.39, 0.29) is 6.61 Å². The zero-order valence-electron chi connectivity index (χ0n) is 6.55. The van der Waals surface area contributed by atoms with E-state index in [1.54, 1.807) is 18.2 Å². The highest BCUT2D eigenvalue weighted by atomic mass is 35.5. The second kappa shape index (κ2) is 3.22. The Balaban J connectivity index is 2.75. The van der Waals surface area contributed by atoms with Crippen molar-refractivity contribution in [3.05, 3.63) is 34.0 Å². The minimum atomic E-state index is -0.136. The van der Waals surface area contributed by atoms with E-state index in [0.717, 1.165) is 5.39 Å². The molecule has 0 radical (unpaired) electrons. The molecule has 4 heteroatoms. The minimum absolute atomic E-state index is 0.136. The van der Waals surface area contributed by atoms with Crippen molar-refractivity contribution in [3.8, 4) is 0 Å². The Morgan fingerprint density at radius 1 is 1.23 bits per heavy atom. The third-order valence-electron chi connectivity index (χ3n) is 1.76. The fourth-order valence-electron chi connectivity index (χ4n) is 1.20. The molecule has 68 valence electrons. The molecular formula is C9H6Cl2O2. The molecule has 0 aliphatic carbocycles. The molecule has 1 aromatic carbocycles. The van der Waals surface area contributed by atoms with Crippen LogP contribution < -0.4 is 0 Å². The van der Waals surface area contributed by atoms with Crippen LogP contribution >= 0.6 is 23.2 Å². The van der Waals surface area contributed by atoms with Gasteiger partial charge in [-0.05, 0) is 12.1 Å². The number of benzene rings is 1. The van der Waals surface area contributed by atoms with Gasteiger partial charge in [-0.15, -0.1) is 0 Å². The van der Waals surface area contributed by atoms with Crippen LogP contribution in [0.3, 0.4) is 0 Å². The van der Waals surface area contributed by atoms with E-state index in [1.165, 1.54) is 0 Å². The molecule has 2 rings (SSSR count). The summed E-state index contributed by atoms with van der Waals surface area (Å²) in [4.78, 5) is 0. The fourth-order valence-corrected chi connectivity index (χ4v) is 1.72. The predicted molar refractivity (Wildman–Crippen MR) is 52.2 cm³/mol. The summed E-state index contributed by atoms with van der Waals surface area (Å²) >= 11 is 11.7. The molecule has 0 fully saturated rings. The van der Waals surface area contributed by atoms with Crippen LogP contribution in [-0.2, 0) is 6.61 Å². The van der Waals surface area contributed by atoms with Crippen LogP contribution in [0.15, 0.2) is 22.6 Å². The van der Waals surface area contributed by atoms with Crippen LogP contribution in [-0.4, -0.2) is 5.11 Å². The highest BCUT2D eigenvalue weighted by Crippen LogP contribution is 2.30. The summed E-state index contributed by atoms with van der Waals surface area (Å²) in [5.41, 5.74) is 0.599. The monoisotopic (exact) mass is 216 g/mol. The quantitative estimate of drug-likeness (QED) is 0.795. The number of rotatable bonds is 1. The zero-order valence-corrected chi connectivity index (χ0v) is 8.06. The number of hydrogen-bond donors (Lipinski definition) is 1. The first-order valence-electron chi connectivity index (χ1n) is 3.69. The molecule has 0 atom stereocenters. The Morgan fingerprint density at radius 2 is 2.00 bits per heavy atom. The Hall–Kier alpha value is -0.700. The maximum atomic E-state index is 8.83. The van der Waals surface area contributed by atoms with Gasteiger partial charge in [0.2, 0.25) is 0 Å². The fraction of sp³-hybridized carbons (Fsp3) is 0.111. The molecule has 13 heavy (non-hydrogen) atoms. The van der Waals surface area contributed by atoms with Gasteiger partial charge < -0.3 is 9.52 Å². The van der Waals surface area contributed by atoms with Crippen LogP contribution in [0.4, 0.5) is 0 Å². The van der Waals surface area contributed by atoms with Crippen molar-refractivity contribution < 1.29 is 9.52 Å². The average molecular weight is 217 g/mol. The van der Waals surface area contributed by atoms with Gasteiger partial charge in [-0.1, -0.05) is 23.2 Å². The van der Waals surface area contributed by atoms with Crippen molar-refractivity contribution in [2.75, 3.05) is 0 Å². The lowest BCUT2D eigenvalue weighted by molar-refractivity contribution is 0.251. The predicted octanol–water partition coefficient (Wildman–Crippen LogP) is 3.23. The summed E-state index contributed by atoms with van der Waals surface area (Å²) in [6.45, 7) is -0.136. The largest absolute Gasteiger partial charge is 0.459 e. The van der Waals surface area contributed by atoms with Gasteiger partial charge in [-0.3, -0.25) is 0 Å². The van der Waals surface area contributed by atoms with Crippen LogP contribution in [0.1, 0.15) is 5.76 Å². The van der Waals surface area contributed by atoms with Crippen LogP contribution in [0, 0.1) is 0 Å². The summed E-state index contributed by atoms with van der Waals surface area (Å²) < 4.78 is 5.26. The number of aliphatic hydroxyl groups excluding tert-OH is 1. The highest BCUT2D eigenvalue weighted by Gasteiger charge is 2.07. The second-order valence-electron chi connectivity index (χ2n) is 2.67. The van der Waals surface area contributed by atoms with Crippen molar-refractivity contribution in [2.24, 2.45) is 0 Å². The molecular weight excluding hydrogens is 211 g/mol. The normalized spacial score (nSPS) is 11.0. The third-order valence-corrected chi connectivity index (χ3v) is 2.29. The van der Waals surface area contributed by atoms with Gasteiger partial charge >= 0.3 is 0 Å². The summed E-state index contributed by atoms with van der Waals surface area (Å²) in [6.07, 6.45) is 0. The smallest absolute Gasteiger partial charge is 0.137 e. The van der Waals surface area contributed by atoms with Gasteiger partial charge in [0, 0.05) is 16.5 Å². The molecule has 0 aliphatic rings. The molecule has 1 heterocycles. The van der Waals surface area contributed by atoms with E-state index in [0.29, 0.717) is 21.4 Å². The van der Waals surface area contributed by atoms with Crippen LogP contribution in [0.2, 0.25) is 10.0 Å². The van der Waals surface area contributed by atoms with Crippen molar-refractivity contribution >= 4 is 34.2 Å². The molecule has 0 unspecified atom stereocenters. The summed E-state index contributed by atoms with van der Waals surface area (Å²) in [6, 6.07) is 5.01. The molecule has 0 spiro atoms. The van der Waals surface area contributed by atoms with Crippen molar-refractivity contribution in [1.29, 1.82) is 0 Å². The molecule has 2 nitrogen and oxygen atoms in total. The summed E-state index contributed by atoms with van der Waals surface area (Å²) in [5.74, 6) is 0.485. The van der Waals surface area contributed by atoms with E-state index in [2.05, 4.69) is 0 Å². The Morgan fingerprint density at radius 3 is 2.69 bits per heavy atom. The average Bonchev–Trinajstić information content (AvgIpc) is 2.47. The lowest BCUT2D eigenvalue weighted by Crippen LogP contribution is -1.72. The van der Waals surface area contributed by atoms with Gasteiger partial charge in [0.1, 0.15) is 18.0 Å². The molecule has 0 saturated carbocycles. The standard InChI is InChI=1S/C9H6Cl2O2/c10-5-1-8(11)7-3-6(4-12)13-9(7)2-5/h1-3,12H,4H2. The first-order chi connectivity index (χ1) is 6.20. The maximum absolute atomic E-state index is 8.83. The van der Waals surface area contributed by atoms with E-state index in [1.807, 2.05) is 0 Å². The van der Waals surface area contributed by atoms with E-state index < -0.39 is 0 Å². The maximum Gasteiger partial charge on any atom is 0.137 e.